The third-order valence-electron chi connectivity index (χ3n) is 1.06. The zero-order valence-corrected chi connectivity index (χ0v) is 5.84. The van der Waals surface area contributed by atoms with Gasteiger partial charge in [0.1, 0.15) is 5.69 Å². The van der Waals surface area contributed by atoms with Gasteiger partial charge in [-0.2, -0.15) is 0 Å². The molecule has 0 aromatic heterocycles. The van der Waals surface area contributed by atoms with Gasteiger partial charge in [0.2, 0.25) is 0 Å². The first kappa shape index (κ1) is 7.24. The van der Waals surface area contributed by atoms with Crippen LogP contribution in [0.4, 0.5) is 5.69 Å². The predicted molar refractivity (Wildman–Crippen MR) is 40.4 cm³/mol. The second kappa shape index (κ2) is 3.34. The lowest BCUT2D eigenvalue weighted by molar-refractivity contribution is 0.664. The molecule has 0 radical (unpaired) electrons. The molecule has 1 aromatic carbocycles. The van der Waals surface area contributed by atoms with Gasteiger partial charge in [0.05, 0.1) is 4.90 Å². The molecular weight excluding hydrogens is 150 g/mol. The Labute approximate surface area is 62.3 Å². The first-order valence-corrected chi connectivity index (χ1v) is 3.39. The summed E-state index contributed by atoms with van der Waals surface area (Å²) >= 11 is 0.526. The SMILES string of the molecule is O=Nc1ccccc1SO. The van der Waals surface area contributed by atoms with E-state index in [1.807, 2.05) is 0 Å². The van der Waals surface area contributed by atoms with Crippen LogP contribution in [0.5, 0.6) is 0 Å². The standard InChI is InChI=1S/C6H5NO2S/c8-7-5-3-1-2-4-6(5)10-9/h1-4,9H. The summed E-state index contributed by atoms with van der Waals surface area (Å²) in [5.74, 6) is 0. The van der Waals surface area contributed by atoms with Gasteiger partial charge in [0.25, 0.3) is 0 Å². The lowest BCUT2D eigenvalue weighted by Gasteiger charge is -1.93. The molecule has 0 aliphatic heterocycles. The third-order valence-corrected chi connectivity index (χ3v) is 1.60. The normalized spacial score (nSPS) is 9.30. The highest BCUT2D eigenvalue weighted by Crippen LogP contribution is 2.26. The van der Waals surface area contributed by atoms with E-state index in [4.69, 9.17) is 4.55 Å². The van der Waals surface area contributed by atoms with Crippen LogP contribution in [0, 0.1) is 4.91 Å². The van der Waals surface area contributed by atoms with E-state index in [1.165, 1.54) is 0 Å². The third kappa shape index (κ3) is 1.34. The lowest BCUT2D eigenvalue weighted by atomic mass is 10.3. The Morgan fingerprint density at radius 3 is 2.60 bits per heavy atom. The highest BCUT2D eigenvalue weighted by Gasteiger charge is 1.98. The van der Waals surface area contributed by atoms with Gasteiger partial charge in [-0.25, -0.2) is 0 Å². The van der Waals surface area contributed by atoms with E-state index in [9.17, 15) is 4.91 Å². The van der Waals surface area contributed by atoms with E-state index in [0.717, 1.165) is 0 Å². The fourth-order valence-corrected chi connectivity index (χ4v) is 0.948. The molecule has 0 saturated carbocycles. The van der Waals surface area contributed by atoms with Crippen molar-refractivity contribution in [1.82, 2.24) is 0 Å². The van der Waals surface area contributed by atoms with Crippen molar-refractivity contribution >= 4 is 17.7 Å². The summed E-state index contributed by atoms with van der Waals surface area (Å²) in [4.78, 5) is 10.5. The Morgan fingerprint density at radius 1 is 1.40 bits per heavy atom. The van der Waals surface area contributed by atoms with Crippen LogP contribution in [0.2, 0.25) is 0 Å². The molecule has 1 N–H and O–H groups in total. The minimum absolute atomic E-state index is 0.273. The van der Waals surface area contributed by atoms with Gasteiger partial charge in [-0.15, -0.1) is 4.91 Å². The Balaban J connectivity index is 3.08. The van der Waals surface area contributed by atoms with Crippen LogP contribution in [0.3, 0.4) is 0 Å². The molecule has 0 aliphatic carbocycles. The zero-order chi connectivity index (χ0) is 7.40. The monoisotopic (exact) mass is 155 g/mol. The summed E-state index contributed by atoms with van der Waals surface area (Å²) in [5, 5.41) is 2.71. The number of hydrogen-bond acceptors (Lipinski definition) is 4. The van der Waals surface area contributed by atoms with Crippen LogP contribution >= 0.6 is 12.0 Å². The summed E-state index contributed by atoms with van der Waals surface area (Å²) in [5.41, 5.74) is 0.273. The molecule has 1 rings (SSSR count). The smallest absolute Gasteiger partial charge is 0.123 e. The largest absolute Gasteiger partial charge is 0.325 e. The summed E-state index contributed by atoms with van der Waals surface area (Å²) in [6.07, 6.45) is 0. The van der Waals surface area contributed by atoms with Crippen molar-refractivity contribution in [2.24, 2.45) is 5.18 Å². The minimum atomic E-state index is 0.273. The topological polar surface area (TPSA) is 49.7 Å². The maximum absolute atomic E-state index is 10.0. The van der Waals surface area contributed by atoms with Gasteiger partial charge in [0.15, 0.2) is 0 Å². The second-order valence-electron chi connectivity index (χ2n) is 1.65. The molecule has 0 spiro atoms. The summed E-state index contributed by atoms with van der Waals surface area (Å²) < 4.78 is 8.57. The van der Waals surface area contributed by atoms with E-state index in [-0.39, 0.29) is 5.69 Å². The van der Waals surface area contributed by atoms with Crippen LogP contribution in [0.25, 0.3) is 0 Å². The molecule has 0 unspecified atom stereocenters. The van der Waals surface area contributed by atoms with E-state index in [2.05, 4.69) is 5.18 Å². The first-order chi connectivity index (χ1) is 4.88. The van der Waals surface area contributed by atoms with Crippen molar-refractivity contribution < 1.29 is 4.55 Å². The Kier molecular flexibility index (Phi) is 2.42. The van der Waals surface area contributed by atoms with Gasteiger partial charge in [-0.05, 0) is 17.3 Å². The van der Waals surface area contributed by atoms with Crippen molar-refractivity contribution in [1.29, 1.82) is 0 Å². The molecule has 1 aromatic rings. The summed E-state index contributed by atoms with van der Waals surface area (Å²) in [6.45, 7) is 0. The number of nitroso groups, excluding NO2 is 1. The highest BCUT2D eigenvalue weighted by molar-refractivity contribution is 7.94. The molecule has 0 saturated heterocycles. The van der Waals surface area contributed by atoms with E-state index >= 15 is 0 Å². The van der Waals surface area contributed by atoms with Crippen LogP contribution in [0.1, 0.15) is 0 Å². The average Bonchev–Trinajstić information content (AvgIpc) is 2.04. The minimum Gasteiger partial charge on any atom is -0.325 e. The fourth-order valence-electron chi connectivity index (χ4n) is 0.610. The zero-order valence-electron chi connectivity index (χ0n) is 5.02. The molecule has 4 heteroatoms. The van der Waals surface area contributed by atoms with Gasteiger partial charge < -0.3 is 4.55 Å². The summed E-state index contributed by atoms with van der Waals surface area (Å²) in [6, 6.07) is 6.59. The molecule has 0 amide bonds. The maximum Gasteiger partial charge on any atom is 0.123 e. The van der Waals surface area contributed by atoms with E-state index in [0.29, 0.717) is 16.9 Å². The lowest BCUT2D eigenvalue weighted by Crippen LogP contribution is -1.68. The average molecular weight is 155 g/mol. The molecule has 0 bridgehead atoms. The van der Waals surface area contributed by atoms with Crippen LogP contribution in [-0.4, -0.2) is 4.55 Å². The number of rotatable bonds is 2. The molecule has 0 atom stereocenters. The molecule has 0 aliphatic rings. The molecule has 10 heavy (non-hydrogen) atoms. The van der Waals surface area contributed by atoms with Crippen molar-refractivity contribution in [3.8, 4) is 0 Å². The number of hydrogen-bond donors (Lipinski definition) is 1. The predicted octanol–water partition coefficient (Wildman–Crippen LogP) is 2.65. The quantitative estimate of drug-likeness (QED) is 0.527. The van der Waals surface area contributed by atoms with Crippen LogP contribution < -0.4 is 0 Å². The maximum atomic E-state index is 10.0. The van der Waals surface area contributed by atoms with Crippen molar-refractivity contribution in [2.45, 2.75) is 4.90 Å². The van der Waals surface area contributed by atoms with Gasteiger partial charge in [-0.3, -0.25) is 0 Å². The molecule has 3 nitrogen and oxygen atoms in total. The van der Waals surface area contributed by atoms with Gasteiger partial charge >= 0.3 is 0 Å². The van der Waals surface area contributed by atoms with Gasteiger partial charge in [-0.1, -0.05) is 12.1 Å². The van der Waals surface area contributed by atoms with E-state index in [1.54, 1.807) is 24.3 Å². The Bertz CT molecular complexity index is 239. The van der Waals surface area contributed by atoms with Crippen LogP contribution in [0.15, 0.2) is 34.3 Å². The molecule has 0 fully saturated rings. The summed E-state index contributed by atoms with van der Waals surface area (Å²) in [7, 11) is 0. The van der Waals surface area contributed by atoms with E-state index < -0.39 is 0 Å². The molecular formula is C6H5NO2S. The Morgan fingerprint density at radius 2 is 2.10 bits per heavy atom. The fraction of sp³-hybridized carbons (Fsp3) is 0. The second-order valence-corrected chi connectivity index (χ2v) is 2.27. The first-order valence-electron chi connectivity index (χ1n) is 2.62. The highest BCUT2D eigenvalue weighted by atomic mass is 32.2. The van der Waals surface area contributed by atoms with Crippen molar-refractivity contribution in [3.05, 3.63) is 29.2 Å². The van der Waals surface area contributed by atoms with Crippen LogP contribution in [-0.2, 0) is 0 Å². The van der Waals surface area contributed by atoms with Crippen molar-refractivity contribution in [3.63, 3.8) is 0 Å². The number of benzene rings is 1. The molecule has 52 valence electrons. The Hall–Kier alpha value is -0.870. The van der Waals surface area contributed by atoms with Gasteiger partial charge in [0, 0.05) is 12.0 Å². The molecule has 0 heterocycles. The van der Waals surface area contributed by atoms with Crippen molar-refractivity contribution in [2.75, 3.05) is 0 Å². The number of nitrogens with zero attached hydrogens (tertiary/aromatic N) is 1.